The van der Waals surface area contributed by atoms with E-state index in [4.69, 9.17) is 0 Å². The summed E-state index contributed by atoms with van der Waals surface area (Å²) in [6.07, 6.45) is -21.3. The second kappa shape index (κ2) is 13.2. The largest absolute Gasteiger partial charge is 0.481 e. The van der Waals surface area contributed by atoms with Gasteiger partial charge in [-0.2, -0.15) is 52.7 Å². The van der Waals surface area contributed by atoms with Crippen molar-refractivity contribution in [2.45, 2.75) is 49.9 Å². The van der Waals surface area contributed by atoms with Crippen molar-refractivity contribution in [2.24, 2.45) is 0 Å². The molecule has 1 aromatic heterocycles. The van der Waals surface area contributed by atoms with Gasteiger partial charge in [-0.1, -0.05) is 31.2 Å². The molecule has 16 heteroatoms. The molecule has 270 valence electrons. The highest BCUT2D eigenvalue weighted by atomic mass is 19.4. The van der Waals surface area contributed by atoms with E-state index in [9.17, 15) is 62.6 Å². The monoisotopic (exact) mass is 732 g/mol. The van der Waals surface area contributed by atoms with E-state index in [1.807, 2.05) is 0 Å². The molecule has 4 nitrogen and oxygen atoms in total. The first-order chi connectivity index (χ1) is 23.5. The highest BCUT2D eigenvalue weighted by molar-refractivity contribution is 5.84. The van der Waals surface area contributed by atoms with Crippen molar-refractivity contribution in [3.05, 3.63) is 118 Å². The van der Waals surface area contributed by atoms with Crippen molar-refractivity contribution in [3.63, 3.8) is 0 Å². The predicted molar refractivity (Wildman–Crippen MR) is 163 cm³/mol. The van der Waals surface area contributed by atoms with Crippen LogP contribution in [0.3, 0.4) is 0 Å². The van der Waals surface area contributed by atoms with Crippen LogP contribution in [0.25, 0.3) is 22.0 Å². The standard InChI is InChI=1S/C35H24F12N2O2/c1-17(30-11-18-4-2-3-5-29(18)49-30)8-28(31(50)51)26-7-6-24(48-25-14-22(34(42,43)44)13-23(15-25)35(45,46)47)16-27(26)19-9-20(32(36,37)38)12-21(10-19)33(39,40)41/h2-7,9-17,28,48-49H,8H2,1H3,(H,50,51). The number of fused-ring (bicyclic) bond motifs is 1. The Morgan fingerprint density at radius 1 is 0.667 bits per heavy atom. The number of aromatic nitrogens is 1. The molecule has 5 rings (SSSR count). The van der Waals surface area contributed by atoms with E-state index in [-0.39, 0.29) is 29.8 Å². The zero-order valence-electron chi connectivity index (χ0n) is 25.8. The van der Waals surface area contributed by atoms with Crippen LogP contribution in [0.4, 0.5) is 64.1 Å². The average Bonchev–Trinajstić information content (AvgIpc) is 3.46. The third kappa shape index (κ3) is 8.43. The molecule has 1 heterocycles. The fraction of sp³-hybridized carbons (Fsp3) is 0.229. The number of carbonyl (C=O) groups is 1. The van der Waals surface area contributed by atoms with Crippen LogP contribution in [-0.2, 0) is 29.5 Å². The number of anilines is 2. The maximum atomic E-state index is 13.9. The van der Waals surface area contributed by atoms with E-state index < -0.39 is 81.6 Å². The van der Waals surface area contributed by atoms with Crippen molar-refractivity contribution in [2.75, 3.05) is 5.32 Å². The summed E-state index contributed by atoms with van der Waals surface area (Å²) in [5, 5.41) is 13.4. The van der Waals surface area contributed by atoms with Crippen LogP contribution in [0.5, 0.6) is 0 Å². The number of aromatic amines is 1. The van der Waals surface area contributed by atoms with Gasteiger partial charge in [0, 0.05) is 22.6 Å². The molecule has 0 aliphatic rings. The van der Waals surface area contributed by atoms with Crippen molar-refractivity contribution >= 4 is 28.2 Å². The number of carboxylic acids is 1. The number of hydrogen-bond donors (Lipinski definition) is 3. The molecule has 0 aliphatic carbocycles. The Bertz CT molecular complexity index is 1980. The lowest BCUT2D eigenvalue weighted by molar-refractivity contribution is -0.144. The van der Waals surface area contributed by atoms with E-state index in [0.717, 1.165) is 23.6 Å². The highest BCUT2D eigenvalue weighted by Gasteiger charge is 2.39. The van der Waals surface area contributed by atoms with E-state index in [1.165, 1.54) is 0 Å². The Labute approximate surface area is 280 Å². The molecule has 0 fully saturated rings. The van der Waals surface area contributed by atoms with E-state index >= 15 is 0 Å². The minimum atomic E-state index is -5.30. The smallest absolute Gasteiger partial charge is 0.416 e. The summed E-state index contributed by atoms with van der Waals surface area (Å²) in [4.78, 5) is 15.9. The van der Waals surface area contributed by atoms with Crippen molar-refractivity contribution in [3.8, 4) is 11.1 Å². The maximum absolute atomic E-state index is 13.9. The number of halogens is 12. The number of rotatable bonds is 8. The summed E-state index contributed by atoms with van der Waals surface area (Å²) in [6.45, 7) is 1.65. The number of hydrogen-bond acceptors (Lipinski definition) is 2. The Morgan fingerprint density at radius 3 is 1.67 bits per heavy atom. The van der Waals surface area contributed by atoms with E-state index in [2.05, 4.69) is 10.3 Å². The van der Waals surface area contributed by atoms with Crippen LogP contribution in [-0.4, -0.2) is 16.1 Å². The number of carboxylic acid groups (broad SMARTS) is 1. The molecule has 3 N–H and O–H groups in total. The van der Waals surface area contributed by atoms with Gasteiger partial charge in [-0.15, -0.1) is 0 Å². The molecule has 2 unspecified atom stereocenters. The molecular weight excluding hydrogens is 708 g/mol. The van der Waals surface area contributed by atoms with E-state index in [1.54, 1.807) is 37.3 Å². The first-order valence-electron chi connectivity index (χ1n) is 14.8. The maximum Gasteiger partial charge on any atom is 0.416 e. The number of aliphatic carboxylic acids is 1. The summed E-state index contributed by atoms with van der Waals surface area (Å²) < 4.78 is 164. The highest BCUT2D eigenvalue weighted by Crippen LogP contribution is 2.44. The number of alkyl halides is 12. The number of benzene rings is 4. The van der Waals surface area contributed by atoms with E-state index in [0.29, 0.717) is 35.5 Å². The summed E-state index contributed by atoms with van der Waals surface area (Å²) in [6, 6.07) is 12.9. The average molecular weight is 733 g/mol. The van der Waals surface area contributed by atoms with Crippen molar-refractivity contribution in [1.82, 2.24) is 4.98 Å². The summed E-state index contributed by atoms with van der Waals surface area (Å²) in [5.41, 5.74) is -8.19. The zero-order valence-corrected chi connectivity index (χ0v) is 25.8. The van der Waals surface area contributed by atoms with Gasteiger partial charge in [0.2, 0.25) is 0 Å². The van der Waals surface area contributed by atoms with Gasteiger partial charge in [0.05, 0.1) is 28.2 Å². The summed E-state index contributed by atoms with van der Waals surface area (Å²) in [5.74, 6) is -3.64. The van der Waals surface area contributed by atoms with Gasteiger partial charge in [-0.05, 0) is 95.1 Å². The molecule has 0 bridgehead atoms. The predicted octanol–water partition coefficient (Wildman–Crippen LogP) is 12.0. The fourth-order valence-electron chi connectivity index (χ4n) is 5.69. The Morgan fingerprint density at radius 2 is 1.18 bits per heavy atom. The van der Waals surface area contributed by atoms with Crippen LogP contribution in [0.1, 0.15) is 58.7 Å². The van der Waals surface area contributed by atoms with Crippen LogP contribution in [0.15, 0.2) is 84.9 Å². The van der Waals surface area contributed by atoms with Crippen molar-refractivity contribution in [1.29, 1.82) is 0 Å². The first kappa shape index (κ1) is 37.1. The lowest BCUT2D eigenvalue weighted by atomic mass is 9.83. The Hall–Kier alpha value is -5.15. The van der Waals surface area contributed by atoms with Crippen LogP contribution < -0.4 is 5.32 Å². The van der Waals surface area contributed by atoms with Gasteiger partial charge < -0.3 is 15.4 Å². The molecule has 2 atom stereocenters. The second-order valence-electron chi connectivity index (χ2n) is 11.9. The minimum Gasteiger partial charge on any atom is -0.481 e. The Kier molecular flexibility index (Phi) is 9.60. The Balaban J connectivity index is 1.68. The lowest BCUT2D eigenvalue weighted by Crippen LogP contribution is -2.16. The van der Waals surface area contributed by atoms with Gasteiger partial charge in [0.25, 0.3) is 0 Å². The molecule has 51 heavy (non-hydrogen) atoms. The molecule has 0 spiro atoms. The quantitative estimate of drug-likeness (QED) is 0.139. The van der Waals surface area contributed by atoms with Crippen LogP contribution in [0, 0.1) is 0 Å². The van der Waals surface area contributed by atoms with Crippen molar-refractivity contribution < 1.29 is 62.6 Å². The van der Waals surface area contributed by atoms with Gasteiger partial charge in [-0.3, -0.25) is 4.79 Å². The second-order valence-corrected chi connectivity index (χ2v) is 11.9. The summed E-state index contributed by atoms with van der Waals surface area (Å²) >= 11 is 0. The SMILES string of the molecule is CC(CC(C(=O)O)c1ccc(Nc2cc(C(F)(F)F)cc(C(F)(F)F)c2)cc1-c1cc(C(F)(F)F)cc(C(F)(F)F)c1)c1cc2ccccc2[nH]1. The third-order valence-electron chi connectivity index (χ3n) is 8.17. The van der Waals surface area contributed by atoms with Crippen LogP contribution >= 0.6 is 0 Å². The minimum absolute atomic E-state index is 0.132. The van der Waals surface area contributed by atoms with Gasteiger partial charge in [0.1, 0.15) is 0 Å². The molecule has 0 aliphatic heterocycles. The number of para-hydroxylation sites is 1. The third-order valence-corrected chi connectivity index (χ3v) is 8.17. The molecular formula is C35H24F12N2O2. The lowest BCUT2D eigenvalue weighted by Gasteiger charge is -2.23. The molecule has 4 aromatic carbocycles. The topological polar surface area (TPSA) is 65.1 Å². The van der Waals surface area contributed by atoms with Gasteiger partial charge >= 0.3 is 30.7 Å². The fourth-order valence-corrected chi connectivity index (χ4v) is 5.69. The van der Waals surface area contributed by atoms with Gasteiger partial charge in [0.15, 0.2) is 0 Å². The molecule has 0 amide bonds. The summed E-state index contributed by atoms with van der Waals surface area (Å²) in [7, 11) is 0. The normalized spacial score (nSPS) is 14.1. The van der Waals surface area contributed by atoms with Crippen LogP contribution in [0.2, 0.25) is 0 Å². The molecule has 0 saturated heterocycles. The first-order valence-corrected chi connectivity index (χ1v) is 14.8. The molecule has 5 aromatic rings. The number of nitrogens with one attached hydrogen (secondary N) is 2. The zero-order chi connectivity index (χ0) is 37.7. The van der Waals surface area contributed by atoms with Gasteiger partial charge in [-0.25, -0.2) is 0 Å². The number of H-pyrrole nitrogens is 1. The molecule has 0 saturated carbocycles. The molecule has 0 radical (unpaired) electrons.